The van der Waals surface area contributed by atoms with Crippen LogP contribution in [0.4, 0.5) is 26.3 Å². The molecule has 1 unspecified atom stereocenters. The molecule has 2 nitrogen and oxygen atoms in total. The van der Waals surface area contributed by atoms with Crippen molar-refractivity contribution in [1.82, 2.24) is 0 Å². The maximum absolute atomic E-state index is 15.0. The molecule has 0 radical (unpaired) electrons. The lowest BCUT2D eigenvalue weighted by Gasteiger charge is -2.39. The third kappa shape index (κ3) is 6.18. The number of alkyl halides is 3. The van der Waals surface area contributed by atoms with Crippen LogP contribution < -0.4 is 10.5 Å². The van der Waals surface area contributed by atoms with E-state index in [1.165, 1.54) is 37.8 Å². The molecule has 1 atom stereocenters. The molecule has 0 aromatic heterocycles. The van der Waals surface area contributed by atoms with Gasteiger partial charge in [-0.05, 0) is 117 Å². The van der Waals surface area contributed by atoms with Crippen LogP contribution in [-0.2, 0) is 0 Å². The molecule has 2 saturated carbocycles. The first-order valence-corrected chi connectivity index (χ1v) is 12.9. The molecule has 2 aliphatic rings. The molecule has 0 aliphatic heterocycles. The van der Waals surface area contributed by atoms with Crippen LogP contribution in [0.5, 0.6) is 5.75 Å². The van der Waals surface area contributed by atoms with Crippen molar-refractivity contribution in [2.75, 3.05) is 0 Å². The van der Waals surface area contributed by atoms with Crippen LogP contribution in [-0.4, -0.2) is 12.4 Å². The molecular formula is C28H33F6NO. The largest absolute Gasteiger partial charge is 0.573 e. The van der Waals surface area contributed by atoms with Crippen LogP contribution in [0.3, 0.4) is 0 Å². The Morgan fingerprint density at radius 3 is 1.89 bits per heavy atom. The molecule has 2 aromatic rings. The number of nitrogens with two attached hydrogens (primary N) is 1. The quantitative estimate of drug-likeness (QED) is 0.393. The van der Waals surface area contributed by atoms with E-state index in [2.05, 4.69) is 11.7 Å². The van der Waals surface area contributed by atoms with Gasteiger partial charge in [-0.3, -0.25) is 0 Å². The van der Waals surface area contributed by atoms with Crippen LogP contribution in [0, 0.1) is 35.2 Å². The molecule has 2 aliphatic carbocycles. The van der Waals surface area contributed by atoms with E-state index in [1.807, 2.05) is 0 Å². The lowest BCUT2D eigenvalue weighted by atomic mass is 9.67. The number of ether oxygens (including phenoxy) is 1. The fourth-order valence-electron chi connectivity index (χ4n) is 6.27. The summed E-state index contributed by atoms with van der Waals surface area (Å²) in [5, 5.41) is 0. The van der Waals surface area contributed by atoms with Crippen LogP contribution in [0.15, 0.2) is 30.3 Å². The van der Waals surface area contributed by atoms with Crippen molar-refractivity contribution in [2.45, 2.75) is 83.0 Å². The summed E-state index contributed by atoms with van der Waals surface area (Å²) >= 11 is 0. The van der Waals surface area contributed by atoms with Crippen molar-refractivity contribution >= 4 is 0 Å². The van der Waals surface area contributed by atoms with E-state index in [9.17, 15) is 26.3 Å². The zero-order valence-corrected chi connectivity index (χ0v) is 20.4. The summed E-state index contributed by atoms with van der Waals surface area (Å²) in [7, 11) is 0. The van der Waals surface area contributed by atoms with Gasteiger partial charge in [0, 0.05) is 6.04 Å². The average molecular weight is 514 g/mol. The standard InChI is InChI=1S/C28H33F6NO/c1-2-25(35)19-9-7-17(8-10-19)16-3-5-18(6-4-16)21-14-23(30)27(24(31)15-21)20-11-12-26(22(29)13-20)36-28(32,33)34/h11-19,25H,2-10,35H2,1H3. The van der Waals surface area contributed by atoms with Gasteiger partial charge in [-0.2, -0.15) is 0 Å². The lowest BCUT2D eigenvalue weighted by molar-refractivity contribution is -0.275. The second-order valence-corrected chi connectivity index (χ2v) is 10.4. The molecule has 2 fully saturated rings. The van der Waals surface area contributed by atoms with Crippen LogP contribution in [0.1, 0.15) is 76.2 Å². The van der Waals surface area contributed by atoms with Crippen LogP contribution in [0.25, 0.3) is 11.1 Å². The minimum atomic E-state index is -5.07. The molecule has 0 saturated heterocycles. The van der Waals surface area contributed by atoms with E-state index in [0.717, 1.165) is 44.2 Å². The Kier molecular flexibility index (Phi) is 8.22. The fraction of sp³-hybridized carbons (Fsp3) is 0.571. The molecule has 0 bridgehead atoms. The van der Waals surface area contributed by atoms with Crippen molar-refractivity contribution < 1.29 is 31.1 Å². The monoisotopic (exact) mass is 513 g/mol. The Morgan fingerprint density at radius 2 is 1.39 bits per heavy atom. The summed E-state index contributed by atoms with van der Waals surface area (Å²) in [4.78, 5) is 0. The highest BCUT2D eigenvalue weighted by atomic mass is 19.4. The van der Waals surface area contributed by atoms with Crippen molar-refractivity contribution in [2.24, 2.45) is 23.5 Å². The number of halogens is 6. The third-order valence-electron chi connectivity index (χ3n) is 8.31. The van der Waals surface area contributed by atoms with Crippen molar-refractivity contribution in [3.05, 3.63) is 53.3 Å². The van der Waals surface area contributed by atoms with E-state index < -0.39 is 35.1 Å². The maximum atomic E-state index is 15.0. The van der Waals surface area contributed by atoms with Gasteiger partial charge >= 0.3 is 6.36 Å². The highest BCUT2D eigenvalue weighted by Crippen LogP contribution is 2.45. The topological polar surface area (TPSA) is 35.2 Å². The zero-order chi connectivity index (χ0) is 26.0. The molecule has 2 aromatic carbocycles. The molecule has 198 valence electrons. The molecule has 0 amide bonds. The van der Waals surface area contributed by atoms with E-state index in [4.69, 9.17) is 5.73 Å². The molecule has 36 heavy (non-hydrogen) atoms. The smallest absolute Gasteiger partial charge is 0.403 e. The van der Waals surface area contributed by atoms with Crippen molar-refractivity contribution in [3.8, 4) is 16.9 Å². The van der Waals surface area contributed by atoms with Crippen LogP contribution >= 0.6 is 0 Å². The highest BCUT2D eigenvalue weighted by molar-refractivity contribution is 5.66. The Morgan fingerprint density at radius 1 is 0.833 bits per heavy atom. The first-order valence-electron chi connectivity index (χ1n) is 12.9. The molecule has 8 heteroatoms. The molecule has 0 heterocycles. The van der Waals surface area contributed by atoms with E-state index >= 15 is 0 Å². The molecule has 0 spiro atoms. The van der Waals surface area contributed by atoms with Gasteiger partial charge in [0.1, 0.15) is 11.6 Å². The highest BCUT2D eigenvalue weighted by Gasteiger charge is 2.34. The number of hydrogen-bond donors (Lipinski definition) is 1. The van der Waals surface area contributed by atoms with Gasteiger partial charge in [0.2, 0.25) is 0 Å². The Hall–Kier alpha value is -2.22. The van der Waals surface area contributed by atoms with Gasteiger partial charge in [0.25, 0.3) is 0 Å². The predicted octanol–water partition coefficient (Wildman–Crippen LogP) is 8.49. The third-order valence-corrected chi connectivity index (χ3v) is 8.31. The summed E-state index contributed by atoms with van der Waals surface area (Å²) in [6, 6.07) is 5.22. The minimum absolute atomic E-state index is 0.0449. The summed E-state index contributed by atoms with van der Waals surface area (Å²) in [6.07, 6.45) is 4.48. The maximum Gasteiger partial charge on any atom is 0.573 e. The number of benzene rings is 2. The molecular weight excluding hydrogens is 480 g/mol. The van der Waals surface area contributed by atoms with Gasteiger partial charge in [-0.1, -0.05) is 13.0 Å². The summed E-state index contributed by atoms with van der Waals surface area (Å²) in [5.41, 5.74) is 6.15. The van der Waals surface area contributed by atoms with Crippen molar-refractivity contribution in [3.63, 3.8) is 0 Å². The first-order chi connectivity index (χ1) is 17.1. The molecule has 2 N–H and O–H groups in total. The van der Waals surface area contributed by atoms with Gasteiger partial charge in [-0.15, -0.1) is 13.2 Å². The second kappa shape index (κ2) is 11.0. The van der Waals surface area contributed by atoms with E-state index in [0.29, 0.717) is 29.4 Å². The van der Waals surface area contributed by atoms with Gasteiger partial charge < -0.3 is 10.5 Å². The Labute approximate surface area is 208 Å². The summed E-state index contributed by atoms with van der Waals surface area (Å²) in [5.74, 6) is -2.13. The lowest BCUT2D eigenvalue weighted by Crippen LogP contribution is -2.34. The minimum Gasteiger partial charge on any atom is -0.403 e. The summed E-state index contributed by atoms with van der Waals surface area (Å²) in [6.45, 7) is 2.14. The fourth-order valence-corrected chi connectivity index (χ4v) is 6.27. The normalized spacial score (nSPS) is 26.0. The SMILES string of the molecule is CCC(N)C1CCC(C2CCC(c3cc(F)c(-c4ccc(OC(F)(F)F)c(F)c4)c(F)c3)CC2)CC1. The number of hydrogen-bond acceptors (Lipinski definition) is 2. The predicted molar refractivity (Wildman–Crippen MR) is 127 cm³/mol. The summed E-state index contributed by atoms with van der Waals surface area (Å²) < 4.78 is 84.7. The van der Waals surface area contributed by atoms with Crippen LogP contribution in [0.2, 0.25) is 0 Å². The van der Waals surface area contributed by atoms with Gasteiger partial charge in [0.15, 0.2) is 11.6 Å². The van der Waals surface area contributed by atoms with Crippen molar-refractivity contribution in [1.29, 1.82) is 0 Å². The van der Waals surface area contributed by atoms with E-state index in [1.54, 1.807) is 0 Å². The Bertz CT molecular complexity index is 1020. The van der Waals surface area contributed by atoms with Gasteiger partial charge in [0.05, 0.1) is 5.56 Å². The Balaban J connectivity index is 1.40. The zero-order valence-electron chi connectivity index (χ0n) is 20.4. The average Bonchev–Trinajstić information content (AvgIpc) is 2.84. The molecule has 4 rings (SSSR count). The van der Waals surface area contributed by atoms with E-state index in [-0.39, 0.29) is 17.5 Å². The number of rotatable bonds is 6. The second-order valence-electron chi connectivity index (χ2n) is 10.4. The first kappa shape index (κ1) is 26.8. The van der Waals surface area contributed by atoms with Gasteiger partial charge in [-0.25, -0.2) is 13.2 Å².